The number of fused-ring (bicyclic) bond motifs is 1. The van der Waals surface area contributed by atoms with Crippen LogP contribution in [-0.2, 0) is 13.0 Å². The second-order valence-corrected chi connectivity index (χ2v) is 5.52. The summed E-state index contributed by atoms with van der Waals surface area (Å²) in [6, 6.07) is 14.7. The zero-order valence-corrected chi connectivity index (χ0v) is 13.0. The van der Waals surface area contributed by atoms with Crippen LogP contribution in [-0.4, -0.2) is 19.9 Å². The molecule has 0 fully saturated rings. The Balaban J connectivity index is 1.52. The molecule has 1 aliphatic heterocycles. The summed E-state index contributed by atoms with van der Waals surface area (Å²) < 4.78 is 15.9. The Hall–Kier alpha value is -2.20. The monoisotopic (exact) mass is 299 g/mol. The molecule has 1 aliphatic rings. The van der Waals surface area contributed by atoms with Crippen LogP contribution in [0.5, 0.6) is 17.2 Å². The van der Waals surface area contributed by atoms with Gasteiger partial charge in [0.05, 0.1) is 7.11 Å². The van der Waals surface area contributed by atoms with Crippen molar-refractivity contribution < 1.29 is 14.2 Å². The van der Waals surface area contributed by atoms with Gasteiger partial charge in [0.2, 0.25) is 6.79 Å². The first-order valence-electron chi connectivity index (χ1n) is 7.49. The van der Waals surface area contributed by atoms with Gasteiger partial charge in [-0.1, -0.05) is 18.2 Å². The van der Waals surface area contributed by atoms with Crippen LogP contribution in [0.25, 0.3) is 0 Å². The van der Waals surface area contributed by atoms with E-state index in [9.17, 15) is 0 Å². The first-order chi connectivity index (χ1) is 10.7. The zero-order valence-electron chi connectivity index (χ0n) is 13.0. The second kappa shape index (κ2) is 6.71. The van der Waals surface area contributed by atoms with Crippen LogP contribution < -0.4 is 19.5 Å². The van der Waals surface area contributed by atoms with Crippen LogP contribution in [0.1, 0.15) is 18.1 Å². The highest BCUT2D eigenvalue weighted by atomic mass is 16.7. The summed E-state index contributed by atoms with van der Waals surface area (Å²) >= 11 is 0. The Kier molecular flexibility index (Phi) is 4.49. The van der Waals surface area contributed by atoms with E-state index >= 15 is 0 Å². The van der Waals surface area contributed by atoms with Crippen LogP contribution >= 0.6 is 0 Å². The van der Waals surface area contributed by atoms with Gasteiger partial charge in [0.1, 0.15) is 5.75 Å². The Morgan fingerprint density at radius 1 is 1.05 bits per heavy atom. The lowest BCUT2D eigenvalue weighted by molar-refractivity contribution is 0.174. The Morgan fingerprint density at radius 2 is 1.77 bits per heavy atom. The van der Waals surface area contributed by atoms with Crippen molar-refractivity contribution in [1.82, 2.24) is 5.32 Å². The molecule has 4 nitrogen and oxygen atoms in total. The predicted molar refractivity (Wildman–Crippen MR) is 85.6 cm³/mol. The van der Waals surface area contributed by atoms with Gasteiger partial charge >= 0.3 is 0 Å². The maximum Gasteiger partial charge on any atom is 0.231 e. The first-order valence-corrected chi connectivity index (χ1v) is 7.49. The third-order valence-electron chi connectivity index (χ3n) is 3.79. The van der Waals surface area contributed by atoms with Gasteiger partial charge in [-0.25, -0.2) is 0 Å². The lowest BCUT2D eigenvalue weighted by Gasteiger charge is -2.14. The van der Waals surface area contributed by atoms with Crippen molar-refractivity contribution in [2.24, 2.45) is 0 Å². The number of rotatable bonds is 6. The van der Waals surface area contributed by atoms with E-state index < -0.39 is 0 Å². The van der Waals surface area contributed by atoms with Crippen molar-refractivity contribution >= 4 is 0 Å². The number of nitrogens with one attached hydrogen (secondary N) is 1. The average Bonchev–Trinajstić information content (AvgIpc) is 3.01. The largest absolute Gasteiger partial charge is 0.497 e. The Labute approximate surface area is 131 Å². The fraction of sp³-hybridized carbons (Fsp3) is 0.333. The van der Waals surface area contributed by atoms with Crippen LogP contribution in [0.2, 0.25) is 0 Å². The normalized spacial score (nSPS) is 13.9. The van der Waals surface area contributed by atoms with Crippen molar-refractivity contribution in [2.45, 2.75) is 25.9 Å². The fourth-order valence-corrected chi connectivity index (χ4v) is 2.53. The number of hydrogen-bond acceptors (Lipinski definition) is 4. The van der Waals surface area contributed by atoms with E-state index in [2.05, 4.69) is 30.4 Å². The molecule has 0 bridgehead atoms. The standard InChI is InChI=1S/C18H21NO3/c1-13(9-14-3-6-16(20-2)7-4-14)19-11-15-5-8-17-18(10-15)22-12-21-17/h3-8,10,13,19H,9,11-12H2,1-2H3. The molecule has 4 heteroatoms. The molecule has 0 aromatic heterocycles. The smallest absolute Gasteiger partial charge is 0.231 e. The van der Waals surface area contributed by atoms with E-state index in [-0.39, 0.29) is 0 Å². The maximum atomic E-state index is 5.40. The Bertz CT molecular complexity index is 625. The molecule has 0 saturated carbocycles. The third-order valence-corrected chi connectivity index (χ3v) is 3.79. The van der Waals surface area contributed by atoms with Crippen molar-refractivity contribution in [1.29, 1.82) is 0 Å². The van der Waals surface area contributed by atoms with Crippen LogP contribution in [0.15, 0.2) is 42.5 Å². The van der Waals surface area contributed by atoms with Gasteiger partial charge in [0, 0.05) is 12.6 Å². The molecule has 0 radical (unpaired) electrons. The summed E-state index contributed by atoms with van der Waals surface area (Å²) in [4.78, 5) is 0. The molecular weight excluding hydrogens is 278 g/mol. The highest BCUT2D eigenvalue weighted by Crippen LogP contribution is 2.32. The minimum absolute atomic E-state index is 0.320. The van der Waals surface area contributed by atoms with Gasteiger partial charge in [-0.3, -0.25) is 0 Å². The molecule has 3 rings (SSSR count). The molecule has 1 heterocycles. The summed E-state index contributed by atoms with van der Waals surface area (Å²) in [5.74, 6) is 2.56. The van der Waals surface area contributed by atoms with E-state index in [1.165, 1.54) is 11.1 Å². The lowest BCUT2D eigenvalue weighted by atomic mass is 10.1. The van der Waals surface area contributed by atoms with Gasteiger partial charge < -0.3 is 19.5 Å². The van der Waals surface area contributed by atoms with Crippen LogP contribution in [0.4, 0.5) is 0 Å². The minimum atomic E-state index is 0.320. The molecule has 0 saturated heterocycles. The molecule has 0 spiro atoms. The van der Waals surface area contributed by atoms with E-state index in [0.29, 0.717) is 12.8 Å². The molecule has 1 unspecified atom stereocenters. The number of hydrogen-bond donors (Lipinski definition) is 1. The molecule has 1 atom stereocenters. The molecular formula is C18H21NO3. The second-order valence-electron chi connectivity index (χ2n) is 5.52. The van der Waals surface area contributed by atoms with E-state index in [1.54, 1.807) is 7.11 Å². The van der Waals surface area contributed by atoms with Gasteiger partial charge in [-0.2, -0.15) is 0 Å². The molecule has 116 valence electrons. The molecule has 0 aliphatic carbocycles. The minimum Gasteiger partial charge on any atom is -0.497 e. The summed E-state index contributed by atoms with van der Waals surface area (Å²) in [6.07, 6.45) is 0.981. The van der Waals surface area contributed by atoms with Crippen molar-refractivity contribution in [3.8, 4) is 17.2 Å². The molecule has 2 aromatic rings. The summed E-state index contributed by atoms with van der Waals surface area (Å²) in [6.45, 7) is 3.32. The zero-order chi connectivity index (χ0) is 15.4. The molecule has 0 amide bonds. The topological polar surface area (TPSA) is 39.7 Å². The number of methoxy groups -OCH3 is 1. The maximum absolute atomic E-state index is 5.40. The van der Waals surface area contributed by atoms with Crippen molar-refractivity contribution in [3.63, 3.8) is 0 Å². The van der Waals surface area contributed by atoms with Gasteiger partial charge in [0.25, 0.3) is 0 Å². The third kappa shape index (κ3) is 3.52. The summed E-state index contributed by atoms with van der Waals surface area (Å²) in [7, 11) is 1.69. The van der Waals surface area contributed by atoms with E-state index in [1.807, 2.05) is 24.3 Å². The highest BCUT2D eigenvalue weighted by molar-refractivity contribution is 5.44. The number of benzene rings is 2. The van der Waals surface area contributed by atoms with E-state index in [4.69, 9.17) is 14.2 Å². The Morgan fingerprint density at radius 3 is 2.55 bits per heavy atom. The molecule has 22 heavy (non-hydrogen) atoms. The number of ether oxygens (including phenoxy) is 3. The van der Waals surface area contributed by atoms with Gasteiger partial charge in [0.15, 0.2) is 11.5 Å². The van der Waals surface area contributed by atoms with Gasteiger partial charge in [-0.15, -0.1) is 0 Å². The lowest BCUT2D eigenvalue weighted by Crippen LogP contribution is -2.27. The summed E-state index contributed by atoms with van der Waals surface area (Å²) in [5.41, 5.74) is 2.50. The van der Waals surface area contributed by atoms with Gasteiger partial charge in [-0.05, 0) is 48.7 Å². The SMILES string of the molecule is COc1ccc(CC(C)NCc2ccc3c(c2)OCO3)cc1. The highest BCUT2D eigenvalue weighted by Gasteiger charge is 2.13. The van der Waals surface area contributed by atoms with Crippen LogP contribution in [0.3, 0.4) is 0 Å². The van der Waals surface area contributed by atoms with Crippen molar-refractivity contribution in [2.75, 3.05) is 13.9 Å². The quantitative estimate of drug-likeness (QED) is 0.889. The molecule has 2 aromatic carbocycles. The van der Waals surface area contributed by atoms with Crippen molar-refractivity contribution in [3.05, 3.63) is 53.6 Å². The van der Waals surface area contributed by atoms with Crippen LogP contribution in [0, 0.1) is 0 Å². The van der Waals surface area contributed by atoms with E-state index in [0.717, 1.165) is 30.2 Å². The predicted octanol–water partition coefficient (Wildman–Crippen LogP) is 3.14. The summed E-state index contributed by atoms with van der Waals surface area (Å²) in [5, 5.41) is 3.54. The first kappa shape index (κ1) is 14.7. The average molecular weight is 299 g/mol. The fourth-order valence-electron chi connectivity index (χ4n) is 2.53. The molecule has 1 N–H and O–H groups in total.